The topological polar surface area (TPSA) is 291 Å². The predicted molar refractivity (Wildman–Crippen MR) is 165 cm³/mol. The summed E-state index contributed by atoms with van der Waals surface area (Å²) in [6.07, 6.45) is -5.10. The number of aliphatic hydroxyl groups is 5. The van der Waals surface area contributed by atoms with E-state index in [1.165, 1.54) is 35.0 Å². The number of carbonyl (C=O) groups excluding carboxylic acids is 1. The number of aliphatic hydroxyl groups excluding tert-OH is 5. The molecule has 20 nitrogen and oxygen atoms in total. The van der Waals surface area contributed by atoms with Gasteiger partial charge in [0.1, 0.15) is 54.8 Å². The molecule has 4 aromatic rings. The predicted octanol–water partition coefficient (Wildman–Crippen LogP) is -3.76. The Bertz CT molecular complexity index is 1840. The van der Waals surface area contributed by atoms with E-state index < -0.39 is 55.7 Å². The maximum Gasteiger partial charge on any atom is 0.216 e. The van der Waals surface area contributed by atoms with Gasteiger partial charge >= 0.3 is 0 Å². The lowest BCUT2D eigenvalue weighted by Crippen LogP contribution is -2.41. The summed E-state index contributed by atoms with van der Waals surface area (Å²) >= 11 is 0. The number of hydrogen-bond donors (Lipinski definition) is 8. The first kappa shape index (κ1) is 33.3. The normalized spacial score (nSPS) is 27.1. The number of nitrogen functional groups attached to an aromatic ring is 2. The number of fused-ring (bicyclic) bond motifs is 2. The van der Waals surface area contributed by atoms with Gasteiger partial charge in [0.05, 0.1) is 19.5 Å². The van der Waals surface area contributed by atoms with Crippen molar-refractivity contribution in [3.63, 3.8) is 0 Å². The molecule has 2 aliphatic rings. The first-order chi connectivity index (χ1) is 23.1. The van der Waals surface area contributed by atoms with Crippen molar-refractivity contribution in [1.82, 2.24) is 49.3 Å². The molecule has 0 bridgehead atoms. The maximum absolute atomic E-state index is 11.4. The second-order valence-corrected chi connectivity index (χ2v) is 11.5. The van der Waals surface area contributed by atoms with E-state index in [0.717, 1.165) is 0 Å². The molecule has 2 fully saturated rings. The van der Waals surface area contributed by atoms with Crippen LogP contribution in [0.5, 0.6) is 0 Å². The van der Waals surface area contributed by atoms with E-state index in [0.29, 0.717) is 30.7 Å². The average molecular weight is 669 g/mol. The maximum atomic E-state index is 11.4. The van der Waals surface area contributed by atoms with E-state index in [1.807, 2.05) is 4.90 Å². The molecule has 0 aliphatic carbocycles. The number of nitrogens with two attached hydrogens (primary N) is 2. The van der Waals surface area contributed by atoms with Crippen LogP contribution >= 0.6 is 0 Å². The van der Waals surface area contributed by atoms with Crippen molar-refractivity contribution in [1.29, 1.82) is 0 Å². The van der Waals surface area contributed by atoms with Crippen LogP contribution in [0, 0.1) is 11.8 Å². The molecule has 0 saturated carbocycles. The molecule has 1 amide bonds. The molecule has 8 atom stereocenters. The van der Waals surface area contributed by atoms with Gasteiger partial charge in [-0.15, -0.1) is 0 Å². The van der Waals surface area contributed by atoms with Gasteiger partial charge in [-0.1, -0.05) is 5.92 Å². The van der Waals surface area contributed by atoms with E-state index in [4.69, 9.17) is 20.9 Å². The Kier molecular flexibility index (Phi) is 9.63. The number of aromatic nitrogens is 8. The van der Waals surface area contributed by atoms with E-state index >= 15 is 0 Å². The second kappa shape index (κ2) is 13.9. The summed E-state index contributed by atoms with van der Waals surface area (Å²) in [4.78, 5) is 38.3. The standard InChI is InChI=1S/C28H36N12O8/c1-13(42)31-5-3-7-38(8-14-19(43)21(45)27(47-14)39-12-36-17-23(29)32-10-34-25(17)39)6-2-4-16-37-18-24(30)33-11-35-26(18)40(16)28-22(46)20(44)15(9-41)48-28/h10-12,14-15,19-22,27-28,41,43-46H,3,5-9H2,1H3,(H,31,42)(H2,29,32,34)(H2,30,33,35)/t14-,15-,19-,20-,21-,22-,27-,28-/m1/s1. The summed E-state index contributed by atoms with van der Waals surface area (Å²) in [6, 6.07) is 0. The van der Waals surface area contributed by atoms with Gasteiger partial charge in [-0.2, -0.15) is 0 Å². The number of nitrogens with one attached hydrogen (secondary N) is 1. The molecule has 0 aromatic carbocycles. The summed E-state index contributed by atoms with van der Waals surface area (Å²) in [7, 11) is 0. The lowest BCUT2D eigenvalue weighted by atomic mass is 10.1. The van der Waals surface area contributed by atoms with E-state index in [1.54, 1.807) is 0 Å². The highest BCUT2D eigenvalue weighted by Gasteiger charge is 2.46. The third-order valence-electron chi connectivity index (χ3n) is 8.24. The number of imidazole rings is 2. The lowest BCUT2D eigenvalue weighted by molar-refractivity contribution is -0.118. The van der Waals surface area contributed by atoms with E-state index in [-0.39, 0.29) is 47.6 Å². The van der Waals surface area contributed by atoms with Crippen LogP contribution in [0.2, 0.25) is 0 Å². The van der Waals surface area contributed by atoms with Crippen LogP contribution in [0.3, 0.4) is 0 Å². The number of nitrogens with zero attached hydrogens (tertiary/aromatic N) is 9. The molecular formula is C28H36N12O8. The minimum atomic E-state index is -1.43. The SMILES string of the molecule is CC(=O)NCCCN(CC#Cc1nc2c(N)ncnc2n1[C@@H]1O[C@H](CO)[C@@H](O)[C@H]1O)C[C@H]1O[C@@H](n2cnc3c(N)ncnc32)[C@H](O)[C@@H]1O. The van der Waals surface area contributed by atoms with Gasteiger partial charge in [-0.05, 0) is 12.3 Å². The fourth-order valence-electron chi connectivity index (χ4n) is 5.80. The van der Waals surface area contributed by atoms with Crippen LogP contribution in [0.15, 0.2) is 19.0 Å². The number of ether oxygens (including phenoxy) is 2. The molecule has 2 saturated heterocycles. The molecule has 6 heterocycles. The Hall–Kier alpha value is -4.59. The van der Waals surface area contributed by atoms with Crippen molar-refractivity contribution in [3.8, 4) is 11.8 Å². The zero-order valence-corrected chi connectivity index (χ0v) is 25.7. The lowest BCUT2D eigenvalue weighted by Gasteiger charge is -2.25. The number of anilines is 2. The quantitative estimate of drug-likeness (QED) is 0.0594. The number of hydrogen-bond acceptors (Lipinski definition) is 17. The Morgan fingerprint density at radius 2 is 1.60 bits per heavy atom. The average Bonchev–Trinajstić information content (AvgIpc) is 3.80. The molecule has 6 rings (SSSR count). The number of rotatable bonds is 10. The summed E-state index contributed by atoms with van der Waals surface area (Å²) in [5.41, 5.74) is 13.0. The highest BCUT2D eigenvalue weighted by Crippen LogP contribution is 2.34. The van der Waals surface area contributed by atoms with Crippen molar-refractivity contribution < 1.29 is 39.8 Å². The minimum absolute atomic E-state index is 0.0634. The van der Waals surface area contributed by atoms with E-state index in [9.17, 15) is 30.3 Å². The number of carbonyl (C=O) groups is 1. The van der Waals surface area contributed by atoms with Gasteiger partial charge in [0.2, 0.25) is 5.91 Å². The van der Waals surface area contributed by atoms with Gasteiger partial charge in [0.15, 0.2) is 46.7 Å². The highest BCUT2D eigenvalue weighted by atomic mass is 16.6. The Balaban J connectivity index is 1.25. The highest BCUT2D eigenvalue weighted by molar-refractivity contribution is 5.83. The Morgan fingerprint density at radius 3 is 2.31 bits per heavy atom. The Morgan fingerprint density at radius 1 is 0.938 bits per heavy atom. The fraction of sp³-hybridized carbons (Fsp3) is 0.536. The summed E-state index contributed by atoms with van der Waals surface area (Å²) in [5, 5.41) is 55.5. The van der Waals surface area contributed by atoms with Crippen molar-refractivity contribution in [3.05, 3.63) is 24.8 Å². The minimum Gasteiger partial charge on any atom is -0.394 e. The first-order valence-corrected chi connectivity index (χ1v) is 15.1. The van der Waals surface area contributed by atoms with Gasteiger partial charge in [0, 0.05) is 26.6 Å². The van der Waals surface area contributed by atoms with Crippen LogP contribution in [0.25, 0.3) is 22.3 Å². The van der Waals surface area contributed by atoms with Gasteiger partial charge in [0.25, 0.3) is 0 Å². The molecule has 2 aliphatic heterocycles. The Labute approximate surface area is 272 Å². The monoisotopic (exact) mass is 668 g/mol. The summed E-state index contributed by atoms with van der Waals surface area (Å²) in [5.74, 6) is 6.15. The largest absolute Gasteiger partial charge is 0.394 e. The van der Waals surface area contributed by atoms with Gasteiger partial charge < -0.3 is 51.8 Å². The molecule has 48 heavy (non-hydrogen) atoms. The summed E-state index contributed by atoms with van der Waals surface area (Å²) in [6.45, 7) is 1.95. The van der Waals surface area contributed by atoms with Crippen LogP contribution in [0.4, 0.5) is 11.6 Å². The summed E-state index contributed by atoms with van der Waals surface area (Å²) < 4.78 is 14.7. The van der Waals surface area contributed by atoms with Crippen molar-refractivity contribution in [2.45, 2.75) is 62.4 Å². The van der Waals surface area contributed by atoms with E-state index in [2.05, 4.69) is 47.1 Å². The molecule has 0 spiro atoms. The zero-order valence-electron chi connectivity index (χ0n) is 25.7. The number of amides is 1. The third-order valence-corrected chi connectivity index (χ3v) is 8.24. The van der Waals surface area contributed by atoms with Crippen LogP contribution < -0.4 is 16.8 Å². The van der Waals surface area contributed by atoms with Crippen molar-refractivity contribution in [2.24, 2.45) is 0 Å². The second-order valence-electron chi connectivity index (χ2n) is 11.5. The van der Waals surface area contributed by atoms with Crippen LogP contribution in [-0.2, 0) is 14.3 Å². The smallest absolute Gasteiger partial charge is 0.216 e. The van der Waals surface area contributed by atoms with Crippen LogP contribution in [-0.4, -0.2) is 145 Å². The van der Waals surface area contributed by atoms with Crippen molar-refractivity contribution >= 4 is 39.9 Å². The first-order valence-electron chi connectivity index (χ1n) is 15.1. The van der Waals surface area contributed by atoms with Crippen LogP contribution in [0.1, 0.15) is 31.6 Å². The van der Waals surface area contributed by atoms with Gasteiger partial charge in [-0.25, -0.2) is 29.9 Å². The molecule has 4 aromatic heterocycles. The van der Waals surface area contributed by atoms with Gasteiger partial charge in [-0.3, -0.25) is 18.8 Å². The molecular weight excluding hydrogens is 632 g/mol. The molecule has 0 radical (unpaired) electrons. The molecule has 256 valence electrons. The molecule has 0 unspecified atom stereocenters. The zero-order chi connectivity index (χ0) is 34.1. The molecule has 10 N–H and O–H groups in total. The third kappa shape index (κ3) is 6.32. The molecule has 20 heteroatoms. The van der Waals surface area contributed by atoms with Crippen molar-refractivity contribution in [2.75, 3.05) is 44.3 Å². The fourth-order valence-corrected chi connectivity index (χ4v) is 5.80.